The third-order valence-corrected chi connectivity index (χ3v) is 3.63. The Bertz CT molecular complexity index is 752. The molecule has 0 bridgehead atoms. The Morgan fingerprint density at radius 1 is 1.04 bits per heavy atom. The van der Waals surface area contributed by atoms with Crippen molar-refractivity contribution in [2.45, 2.75) is 19.9 Å². The van der Waals surface area contributed by atoms with Crippen molar-refractivity contribution >= 4 is 18.0 Å². The van der Waals surface area contributed by atoms with Crippen LogP contribution in [0.3, 0.4) is 0 Å². The van der Waals surface area contributed by atoms with Crippen molar-refractivity contribution in [2.75, 3.05) is 7.11 Å². The lowest BCUT2D eigenvalue weighted by atomic mass is 10.1. The maximum absolute atomic E-state index is 11.9. The van der Waals surface area contributed by atoms with Crippen molar-refractivity contribution in [3.05, 3.63) is 65.2 Å². The van der Waals surface area contributed by atoms with Crippen LogP contribution >= 0.6 is 0 Å². The van der Waals surface area contributed by atoms with Gasteiger partial charge in [-0.2, -0.15) is 5.10 Å². The van der Waals surface area contributed by atoms with E-state index in [4.69, 9.17) is 4.74 Å². The average Bonchev–Trinajstić information content (AvgIpc) is 2.63. The first-order valence-electron chi connectivity index (χ1n) is 7.84. The Hall–Kier alpha value is -3.15. The van der Waals surface area contributed by atoms with Gasteiger partial charge in [-0.1, -0.05) is 42.0 Å². The van der Waals surface area contributed by atoms with Crippen LogP contribution in [-0.4, -0.2) is 25.1 Å². The number of nitrogens with one attached hydrogen (secondary N) is 2. The molecule has 0 aliphatic heterocycles. The fraction of sp³-hybridized carbons (Fsp3) is 0.211. The Morgan fingerprint density at radius 3 is 2.28 bits per heavy atom. The number of benzene rings is 2. The summed E-state index contributed by atoms with van der Waals surface area (Å²) >= 11 is 0. The molecule has 2 N–H and O–H groups in total. The number of methoxy groups -OCH3 is 1. The summed E-state index contributed by atoms with van der Waals surface area (Å²) in [5, 5.41) is 6.42. The number of rotatable bonds is 5. The van der Waals surface area contributed by atoms with Gasteiger partial charge in [-0.15, -0.1) is 0 Å². The highest BCUT2D eigenvalue weighted by Crippen LogP contribution is 2.17. The second kappa shape index (κ2) is 8.63. The maximum Gasteiger partial charge on any atom is 0.329 e. The topological polar surface area (TPSA) is 79.8 Å². The van der Waals surface area contributed by atoms with Gasteiger partial charge in [0.05, 0.1) is 19.4 Å². The number of amides is 2. The normalized spacial score (nSPS) is 11.8. The quantitative estimate of drug-likeness (QED) is 0.498. The van der Waals surface area contributed by atoms with Gasteiger partial charge in [0.1, 0.15) is 5.75 Å². The van der Waals surface area contributed by atoms with E-state index >= 15 is 0 Å². The number of aryl methyl sites for hydroxylation is 1. The monoisotopic (exact) mass is 339 g/mol. The first-order chi connectivity index (χ1) is 12.0. The van der Waals surface area contributed by atoms with E-state index in [9.17, 15) is 9.59 Å². The van der Waals surface area contributed by atoms with Crippen molar-refractivity contribution in [3.63, 3.8) is 0 Å². The Balaban J connectivity index is 1.86. The van der Waals surface area contributed by atoms with E-state index in [1.165, 1.54) is 6.21 Å². The van der Waals surface area contributed by atoms with Crippen molar-refractivity contribution < 1.29 is 14.3 Å². The van der Waals surface area contributed by atoms with Gasteiger partial charge in [0, 0.05) is 0 Å². The molecule has 25 heavy (non-hydrogen) atoms. The molecular formula is C19H21N3O3. The number of hydrazone groups is 1. The van der Waals surface area contributed by atoms with E-state index in [0.717, 1.165) is 22.4 Å². The summed E-state index contributed by atoms with van der Waals surface area (Å²) in [6.45, 7) is 3.78. The van der Waals surface area contributed by atoms with E-state index in [-0.39, 0.29) is 6.04 Å². The molecule has 0 aliphatic rings. The van der Waals surface area contributed by atoms with Crippen LogP contribution in [0.25, 0.3) is 0 Å². The molecule has 0 saturated carbocycles. The third-order valence-electron chi connectivity index (χ3n) is 3.63. The van der Waals surface area contributed by atoms with Crippen LogP contribution in [0.4, 0.5) is 0 Å². The first-order valence-corrected chi connectivity index (χ1v) is 7.84. The van der Waals surface area contributed by atoms with E-state index < -0.39 is 11.8 Å². The predicted octanol–water partition coefficient (Wildman–Crippen LogP) is 2.33. The van der Waals surface area contributed by atoms with Gasteiger partial charge in [0.15, 0.2) is 0 Å². The van der Waals surface area contributed by atoms with Crippen LogP contribution in [0.15, 0.2) is 53.6 Å². The molecule has 2 aromatic carbocycles. The van der Waals surface area contributed by atoms with Crippen molar-refractivity contribution in [1.82, 2.24) is 10.7 Å². The van der Waals surface area contributed by atoms with Gasteiger partial charge in [0.2, 0.25) is 0 Å². The molecule has 6 heteroatoms. The zero-order valence-corrected chi connectivity index (χ0v) is 14.4. The number of hydrogen-bond donors (Lipinski definition) is 2. The van der Waals surface area contributed by atoms with E-state index in [1.54, 1.807) is 26.2 Å². The van der Waals surface area contributed by atoms with Crippen LogP contribution in [0.2, 0.25) is 0 Å². The fourth-order valence-electron chi connectivity index (χ4n) is 2.11. The van der Waals surface area contributed by atoms with Gasteiger partial charge < -0.3 is 10.1 Å². The minimum Gasteiger partial charge on any atom is -0.497 e. The second-order valence-electron chi connectivity index (χ2n) is 5.58. The maximum atomic E-state index is 11.9. The van der Waals surface area contributed by atoms with Gasteiger partial charge in [-0.3, -0.25) is 9.59 Å². The van der Waals surface area contributed by atoms with E-state index in [1.807, 2.05) is 43.3 Å². The average molecular weight is 339 g/mol. The van der Waals surface area contributed by atoms with Crippen LogP contribution in [0.5, 0.6) is 5.75 Å². The molecule has 0 aliphatic carbocycles. The summed E-state index contributed by atoms with van der Waals surface area (Å²) in [5.74, 6) is -0.835. The predicted molar refractivity (Wildman–Crippen MR) is 96.5 cm³/mol. The number of hydrogen-bond acceptors (Lipinski definition) is 4. The standard InChI is InChI=1S/C19H21N3O3/c1-13-4-6-15(7-5-13)12-20-22-19(24)18(23)21-14(2)16-8-10-17(25-3)11-9-16/h4-12,14H,1-3H3,(H,21,23)(H,22,24). The van der Waals surface area contributed by atoms with Crippen LogP contribution < -0.4 is 15.5 Å². The van der Waals surface area contributed by atoms with E-state index in [2.05, 4.69) is 15.8 Å². The molecule has 1 unspecified atom stereocenters. The molecule has 6 nitrogen and oxygen atoms in total. The molecular weight excluding hydrogens is 318 g/mol. The van der Waals surface area contributed by atoms with Crippen LogP contribution in [0, 0.1) is 6.92 Å². The van der Waals surface area contributed by atoms with E-state index in [0.29, 0.717) is 0 Å². The van der Waals surface area contributed by atoms with Crippen LogP contribution in [0.1, 0.15) is 29.7 Å². The molecule has 0 spiro atoms. The number of nitrogens with zero attached hydrogens (tertiary/aromatic N) is 1. The fourth-order valence-corrected chi connectivity index (χ4v) is 2.11. The molecule has 2 amide bonds. The summed E-state index contributed by atoms with van der Waals surface area (Å²) < 4.78 is 5.09. The molecule has 0 radical (unpaired) electrons. The molecule has 0 heterocycles. The van der Waals surface area contributed by atoms with Crippen molar-refractivity contribution in [2.24, 2.45) is 5.10 Å². The first kappa shape index (κ1) is 18.2. The molecule has 0 fully saturated rings. The summed E-state index contributed by atoms with van der Waals surface area (Å²) in [5.41, 5.74) is 5.05. The summed E-state index contributed by atoms with van der Waals surface area (Å²) in [7, 11) is 1.58. The zero-order chi connectivity index (χ0) is 18.2. The highest BCUT2D eigenvalue weighted by molar-refractivity contribution is 6.35. The summed E-state index contributed by atoms with van der Waals surface area (Å²) in [6, 6.07) is 14.6. The lowest BCUT2D eigenvalue weighted by Gasteiger charge is -2.13. The van der Waals surface area contributed by atoms with Crippen molar-refractivity contribution in [3.8, 4) is 5.75 Å². The Morgan fingerprint density at radius 2 is 1.68 bits per heavy atom. The SMILES string of the molecule is COc1ccc(C(C)NC(=O)C(=O)NN=Cc2ccc(C)cc2)cc1. The number of carbonyl (C=O) groups excluding carboxylic acids is 2. The number of ether oxygens (including phenoxy) is 1. The Labute approximate surface area is 146 Å². The minimum atomic E-state index is -0.816. The third kappa shape index (κ3) is 5.46. The van der Waals surface area contributed by atoms with Gasteiger partial charge in [0.25, 0.3) is 0 Å². The molecule has 2 aromatic rings. The number of carbonyl (C=O) groups is 2. The lowest BCUT2D eigenvalue weighted by molar-refractivity contribution is -0.139. The summed E-state index contributed by atoms with van der Waals surface area (Å²) in [6.07, 6.45) is 1.48. The smallest absolute Gasteiger partial charge is 0.329 e. The Kier molecular flexibility index (Phi) is 6.28. The zero-order valence-electron chi connectivity index (χ0n) is 14.4. The van der Waals surface area contributed by atoms with Crippen molar-refractivity contribution in [1.29, 1.82) is 0 Å². The van der Waals surface area contributed by atoms with Gasteiger partial charge in [-0.25, -0.2) is 5.43 Å². The highest BCUT2D eigenvalue weighted by Gasteiger charge is 2.16. The minimum absolute atomic E-state index is 0.315. The van der Waals surface area contributed by atoms with Gasteiger partial charge >= 0.3 is 11.8 Å². The molecule has 130 valence electrons. The lowest BCUT2D eigenvalue weighted by Crippen LogP contribution is -2.39. The highest BCUT2D eigenvalue weighted by atomic mass is 16.5. The molecule has 0 aromatic heterocycles. The van der Waals surface area contributed by atoms with Crippen LogP contribution in [-0.2, 0) is 9.59 Å². The summed E-state index contributed by atoms with van der Waals surface area (Å²) in [4.78, 5) is 23.7. The second-order valence-corrected chi connectivity index (χ2v) is 5.58. The largest absolute Gasteiger partial charge is 0.497 e. The molecule has 1 atom stereocenters. The molecule has 0 saturated heterocycles. The van der Waals surface area contributed by atoms with Gasteiger partial charge in [-0.05, 0) is 37.1 Å². The molecule has 2 rings (SSSR count).